The van der Waals surface area contributed by atoms with Crippen LogP contribution in [-0.4, -0.2) is 62.7 Å². The fraction of sp³-hybridized carbons (Fsp3) is 0.812. The largest absolute Gasteiger partial charge is 0.381 e. The third-order valence-corrected chi connectivity index (χ3v) is 3.79. The van der Waals surface area contributed by atoms with Crippen molar-refractivity contribution in [3.8, 4) is 0 Å². The highest BCUT2D eigenvalue weighted by Crippen LogP contribution is 2.12. The number of nitrogens with zero attached hydrogens (tertiary/aromatic N) is 3. The van der Waals surface area contributed by atoms with Gasteiger partial charge in [-0.05, 0) is 26.2 Å². The van der Waals surface area contributed by atoms with Gasteiger partial charge in [0.25, 0.3) is 0 Å². The molecular weight excluding hydrogens is 310 g/mol. The number of nitrogens with one attached hydrogen (secondary N) is 2. The molecule has 2 rings (SSSR count). The number of rotatable bonds is 10. The lowest BCUT2D eigenvalue weighted by Crippen LogP contribution is -2.38. The summed E-state index contributed by atoms with van der Waals surface area (Å²) in [5.74, 6) is 2.75. The van der Waals surface area contributed by atoms with Crippen LogP contribution in [0, 0.1) is 12.8 Å². The van der Waals surface area contributed by atoms with Gasteiger partial charge in [-0.15, -0.1) is 0 Å². The van der Waals surface area contributed by atoms with Crippen molar-refractivity contribution < 1.29 is 14.0 Å². The second-order valence-corrected chi connectivity index (χ2v) is 5.92. The van der Waals surface area contributed by atoms with E-state index in [0.29, 0.717) is 17.6 Å². The summed E-state index contributed by atoms with van der Waals surface area (Å²) in [6.07, 6.45) is 3.76. The normalized spacial score (nSPS) is 18.1. The Bertz CT molecular complexity index is 486. The second-order valence-electron chi connectivity index (χ2n) is 5.92. The second kappa shape index (κ2) is 11.0. The molecule has 0 bridgehead atoms. The van der Waals surface area contributed by atoms with Crippen LogP contribution in [0.2, 0.25) is 0 Å². The smallest absolute Gasteiger partial charge is 0.226 e. The summed E-state index contributed by atoms with van der Waals surface area (Å²) < 4.78 is 16.1. The Hall–Kier alpha value is -1.67. The molecule has 1 aromatic rings. The predicted octanol–water partition coefficient (Wildman–Crippen LogP) is 0.919. The third-order valence-electron chi connectivity index (χ3n) is 3.79. The van der Waals surface area contributed by atoms with Crippen LogP contribution in [-0.2, 0) is 15.9 Å². The van der Waals surface area contributed by atoms with Crippen LogP contribution in [0.15, 0.2) is 9.52 Å². The molecule has 1 aliphatic heterocycles. The molecule has 1 atom stereocenters. The number of ether oxygens (including phenoxy) is 2. The summed E-state index contributed by atoms with van der Waals surface area (Å²) in [4.78, 5) is 8.38. The molecule has 136 valence electrons. The predicted molar refractivity (Wildman–Crippen MR) is 91.1 cm³/mol. The highest BCUT2D eigenvalue weighted by atomic mass is 16.5. The molecule has 2 N–H and O–H groups in total. The molecule has 0 radical (unpaired) electrons. The SMILES string of the molecule is CN=C(NCCCOCC1CCOC1)NCCCc1nc(C)no1. The van der Waals surface area contributed by atoms with Crippen LogP contribution in [0.25, 0.3) is 0 Å². The van der Waals surface area contributed by atoms with E-state index in [-0.39, 0.29) is 0 Å². The van der Waals surface area contributed by atoms with Crippen LogP contribution < -0.4 is 10.6 Å². The first-order chi connectivity index (χ1) is 11.8. The third kappa shape index (κ3) is 7.27. The minimum Gasteiger partial charge on any atom is -0.381 e. The van der Waals surface area contributed by atoms with Gasteiger partial charge < -0.3 is 24.6 Å². The van der Waals surface area contributed by atoms with Crippen LogP contribution in [0.1, 0.15) is 31.0 Å². The van der Waals surface area contributed by atoms with Gasteiger partial charge in [-0.25, -0.2) is 0 Å². The zero-order valence-corrected chi connectivity index (χ0v) is 14.7. The minimum atomic E-state index is 0.579. The van der Waals surface area contributed by atoms with E-state index in [2.05, 4.69) is 25.8 Å². The van der Waals surface area contributed by atoms with Crippen molar-refractivity contribution in [3.63, 3.8) is 0 Å². The standard InChI is InChI=1S/C16H29N5O3/c1-13-20-15(24-21-13)5-3-7-18-16(17-2)19-8-4-9-22-11-14-6-10-23-12-14/h14H,3-12H2,1-2H3,(H2,17,18,19). The van der Waals surface area contributed by atoms with Crippen LogP contribution in [0.4, 0.5) is 0 Å². The Morgan fingerprint density at radius 3 is 2.83 bits per heavy atom. The molecule has 1 fully saturated rings. The molecule has 1 aromatic heterocycles. The summed E-state index contributed by atoms with van der Waals surface area (Å²) in [6.45, 7) is 6.76. The van der Waals surface area contributed by atoms with Gasteiger partial charge in [0.15, 0.2) is 11.8 Å². The number of hydrogen-bond acceptors (Lipinski definition) is 6. The highest BCUT2D eigenvalue weighted by Gasteiger charge is 2.15. The summed E-state index contributed by atoms with van der Waals surface area (Å²) in [6, 6.07) is 0. The molecule has 0 aromatic carbocycles. The Balaban J connectivity index is 1.44. The summed E-state index contributed by atoms with van der Waals surface area (Å²) in [5.41, 5.74) is 0. The highest BCUT2D eigenvalue weighted by molar-refractivity contribution is 5.79. The Kier molecular flexibility index (Phi) is 8.54. The first kappa shape index (κ1) is 18.7. The topological polar surface area (TPSA) is 93.8 Å². The monoisotopic (exact) mass is 339 g/mol. The maximum absolute atomic E-state index is 5.68. The fourth-order valence-corrected chi connectivity index (χ4v) is 2.45. The van der Waals surface area contributed by atoms with E-state index in [4.69, 9.17) is 14.0 Å². The first-order valence-electron chi connectivity index (χ1n) is 8.67. The Morgan fingerprint density at radius 2 is 2.17 bits per heavy atom. The minimum absolute atomic E-state index is 0.579. The van der Waals surface area contributed by atoms with Crippen molar-refractivity contribution in [1.82, 2.24) is 20.8 Å². The lowest BCUT2D eigenvalue weighted by atomic mass is 10.1. The maximum Gasteiger partial charge on any atom is 0.226 e. The number of hydrogen-bond donors (Lipinski definition) is 2. The number of aromatic nitrogens is 2. The Labute approximate surface area is 143 Å². The van der Waals surface area contributed by atoms with Crippen molar-refractivity contribution in [2.24, 2.45) is 10.9 Å². The molecular formula is C16H29N5O3. The molecule has 1 unspecified atom stereocenters. The van der Waals surface area contributed by atoms with E-state index in [1.165, 1.54) is 0 Å². The van der Waals surface area contributed by atoms with Crippen LogP contribution in [0.3, 0.4) is 0 Å². The first-order valence-corrected chi connectivity index (χ1v) is 8.67. The summed E-state index contributed by atoms with van der Waals surface area (Å²) >= 11 is 0. The van der Waals surface area contributed by atoms with Gasteiger partial charge in [-0.2, -0.15) is 4.98 Å². The average molecular weight is 339 g/mol. The number of aliphatic imine (C=N–C) groups is 1. The molecule has 2 heterocycles. The molecule has 0 aliphatic carbocycles. The van der Waals surface area contributed by atoms with E-state index in [9.17, 15) is 0 Å². The van der Waals surface area contributed by atoms with Gasteiger partial charge in [0.05, 0.1) is 13.2 Å². The molecule has 0 amide bonds. The van der Waals surface area contributed by atoms with Gasteiger partial charge in [-0.1, -0.05) is 5.16 Å². The van der Waals surface area contributed by atoms with Crippen molar-refractivity contribution in [1.29, 1.82) is 0 Å². The molecule has 24 heavy (non-hydrogen) atoms. The number of guanidine groups is 1. The molecule has 1 aliphatic rings. The fourth-order valence-electron chi connectivity index (χ4n) is 2.45. The van der Waals surface area contributed by atoms with Crippen molar-refractivity contribution in [2.75, 3.05) is 46.6 Å². The zero-order chi connectivity index (χ0) is 17.0. The number of aryl methyl sites for hydroxylation is 2. The summed E-state index contributed by atoms with van der Waals surface area (Å²) in [7, 11) is 1.77. The van der Waals surface area contributed by atoms with Gasteiger partial charge in [0.2, 0.25) is 5.89 Å². The van der Waals surface area contributed by atoms with Gasteiger partial charge in [0.1, 0.15) is 0 Å². The molecule has 0 saturated carbocycles. The zero-order valence-electron chi connectivity index (χ0n) is 14.7. The van der Waals surface area contributed by atoms with E-state index in [1.807, 2.05) is 6.92 Å². The summed E-state index contributed by atoms with van der Waals surface area (Å²) in [5, 5.41) is 10.3. The average Bonchev–Trinajstić information content (AvgIpc) is 3.24. The van der Waals surface area contributed by atoms with Gasteiger partial charge >= 0.3 is 0 Å². The van der Waals surface area contributed by atoms with Crippen LogP contribution >= 0.6 is 0 Å². The maximum atomic E-state index is 5.68. The van der Waals surface area contributed by atoms with Crippen molar-refractivity contribution >= 4 is 5.96 Å². The van der Waals surface area contributed by atoms with E-state index in [1.54, 1.807) is 7.05 Å². The molecule has 1 saturated heterocycles. The van der Waals surface area contributed by atoms with Crippen molar-refractivity contribution in [2.45, 2.75) is 32.6 Å². The van der Waals surface area contributed by atoms with Crippen molar-refractivity contribution in [3.05, 3.63) is 11.7 Å². The molecule has 8 heteroatoms. The van der Waals surface area contributed by atoms with Gasteiger partial charge in [-0.3, -0.25) is 4.99 Å². The lowest BCUT2D eigenvalue weighted by molar-refractivity contribution is 0.0888. The Morgan fingerprint density at radius 1 is 1.33 bits per heavy atom. The van der Waals surface area contributed by atoms with Crippen LogP contribution in [0.5, 0.6) is 0 Å². The molecule has 0 spiro atoms. The van der Waals surface area contributed by atoms with E-state index in [0.717, 1.165) is 71.2 Å². The van der Waals surface area contributed by atoms with Gasteiger partial charge in [0, 0.05) is 45.7 Å². The quantitative estimate of drug-likeness (QED) is 0.372. The van der Waals surface area contributed by atoms with E-state index < -0.39 is 0 Å². The lowest BCUT2D eigenvalue weighted by Gasteiger charge is -2.12. The molecule has 8 nitrogen and oxygen atoms in total. The van der Waals surface area contributed by atoms with E-state index >= 15 is 0 Å².